The second-order valence-electron chi connectivity index (χ2n) is 1.56. The van der Waals surface area contributed by atoms with E-state index in [1.54, 1.807) is 0 Å². The molecule has 1 radical (unpaired) electrons. The average Bonchev–Trinajstić information content (AvgIpc) is 1.61. The first-order chi connectivity index (χ1) is 3.27. The van der Waals surface area contributed by atoms with Crippen molar-refractivity contribution in [2.75, 3.05) is 6.61 Å². The Bertz CT molecular complexity index is 60.6. The van der Waals surface area contributed by atoms with Crippen LogP contribution in [0.15, 0.2) is 11.6 Å². The molecule has 0 aromatic carbocycles. The fourth-order valence-electron chi connectivity index (χ4n) is 0.311. The summed E-state index contributed by atoms with van der Waals surface area (Å²) in [5.74, 6) is 0. The molecule has 1 N–H and O–H groups in total. The van der Waals surface area contributed by atoms with Crippen molar-refractivity contribution in [2.24, 2.45) is 0 Å². The summed E-state index contributed by atoms with van der Waals surface area (Å²) in [6.45, 7) is 5.77. The van der Waals surface area contributed by atoms with Crippen molar-refractivity contribution >= 4 is 0 Å². The minimum Gasteiger partial charge on any atom is -0.396 e. The van der Waals surface area contributed by atoms with Crippen molar-refractivity contribution in [1.29, 1.82) is 0 Å². The maximum absolute atomic E-state index is 8.24. The van der Waals surface area contributed by atoms with Crippen LogP contribution in [-0.2, 0) is 0 Å². The molecule has 0 aliphatic rings. The van der Waals surface area contributed by atoms with Gasteiger partial charge in [0.15, 0.2) is 0 Å². The Morgan fingerprint density at radius 3 is 2.57 bits per heavy atom. The molecular formula is C6H11O. The van der Waals surface area contributed by atoms with Crippen LogP contribution >= 0.6 is 0 Å². The third kappa shape index (κ3) is 5.70. The van der Waals surface area contributed by atoms with Gasteiger partial charge >= 0.3 is 0 Å². The van der Waals surface area contributed by atoms with E-state index in [2.05, 4.69) is 6.92 Å². The zero-order chi connectivity index (χ0) is 5.70. The van der Waals surface area contributed by atoms with Crippen molar-refractivity contribution in [3.05, 3.63) is 18.6 Å². The maximum atomic E-state index is 8.24. The highest BCUT2D eigenvalue weighted by Gasteiger charge is 1.74. The molecule has 0 heterocycles. The Balaban J connectivity index is 3.08. The van der Waals surface area contributed by atoms with Gasteiger partial charge in [-0.05, 0) is 20.3 Å². The Kier molecular flexibility index (Phi) is 3.71. The highest BCUT2D eigenvalue weighted by molar-refractivity contribution is 5.00. The standard InChI is InChI=1S/C6H11O/c1-6(2)4-3-5-7/h4,7H,1,3,5H2,2H3. The van der Waals surface area contributed by atoms with Gasteiger partial charge in [0.1, 0.15) is 0 Å². The topological polar surface area (TPSA) is 20.2 Å². The third-order valence-corrected chi connectivity index (χ3v) is 0.622. The van der Waals surface area contributed by atoms with Gasteiger partial charge in [-0.2, -0.15) is 0 Å². The van der Waals surface area contributed by atoms with Crippen molar-refractivity contribution in [2.45, 2.75) is 13.3 Å². The fraction of sp³-hybridized carbons (Fsp3) is 0.500. The van der Waals surface area contributed by atoms with Crippen LogP contribution in [0.5, 0.6) is 0 Å². The smallest absolute Gasteiger partial charge is 0.0465 e. The van der Waals surface area contributed by atoms with E-state index in [4.69, 9.17) is 5.11 Å². The molecular weight excluding hydrogens is 88.1 g/mol. The van der Waals surface area contributed by atoms with Crippen LogP contribution in [0.1, 0.15) is 13.3 Å². The van der Waals surface area contributed by atoms with Gasteiger partial charge < -0.3 is 5.11 Å². The van der Waals surface area contributed by atoms with Crippen LogP contribution < -0.4 is 0 Å². The summed E-state index contributed by atoms with van der Waals surface area (Å²) in [6.07, 6.45) is 2.63. The quantitative estimate of drug-likeness (QED) is 0.550. The SMILES string of the molecule is [CH2]C(C)=CCCO. The van der Waals surface area contributed by atoms with Crippen LogP contribution in [0, 0.1) is 6.92 Å². The first-order valence-electron chi connectivity index (χ1n) is 2.37. The number of allylic oxidation sites excluding steroid dienone is 1. The van der Waals surface area contributed by atoms with Crippen LogP contribution in [0.4, 0.5) is 0 Å². The molecule has 0 bridgehead atoms. The largest absolute Gasteiger partial charge is 0.396 e. The summed E-state index contributed by atoms with van der Waals surface area (Å²) >= 11 is 0. The molecule has 0 spiro atoms. The maximum Gasteiger partial charge on any atom is 0.0465 e. The van der Waals surface area contributed by atoms with Gasteiger partial charge in [-0.1, -0.05) is 11.6 Å². The van der Waals surface area contributed by atoms with Crippen molar-refractivity contribution in [3.8, 4) is 0 Å². The van der Waals surface area contributed by atoms with Crippen LogP contribution in [0.25, 0.3) is 0 Å². The normalized spacial score (nSPS) is 12.1. The highest BCUT2D eigenvalue weighted by atomic mass is 16.2. The lowest BCUT2D eigenvalue weighted by Crippen LogP contribution is -1.76. The van der Waals surface area contributed by atoms with E-state index in [9.17, 15) is 0 Å². The van der Waals surface area contributed by atoms with E-state index in [-0.39, 0.29) is 6.61 Å². The van der Waals surface area contributed by atoms with Crippen LogP contribution in [0.2, 0.25) is 0 Å². The van der Waals surface area contributed by atoms with Gasteiger partial charge in [-0.3, -0.25) is 0 Å². The number of aliphatic hydroxyl groups is 1. The molecule has 0 unspecified atom stereocenters. The highest BCUT2D eigenvalue weighted by Crippen LogP contribution is 1.89. The van der Waals surface area contributed by atoms with Gasteiger partial charge in [0.2, 0.25) is 0 Å². The number of hydrogen-bond donors (Lipinski definition) is 1. The third-order valence-electron chi connectivity index (χ3n) is 0.622. The molecule has 0 aliphatic heterocycles. The summed E-state index contributed by atoms with van der Waals surface area (Å²) in [4.78, 5) is 0. The van der Waals surface area contributed by atoms with E-state index in [0.717, 1.165) is 12.0 Å². The molecule has 0 aliphatic carbocycles. The first-order valence-corrected chi connectivity index (χ1v) is 2.37. The summed E-state index contributed by atoms with van der Waals surface area (Å²) in [7, 11) is 0. The summed E-state index contributed by atoms with van der Waals surface area (Å²) in [5, 5.41) is 8.24. The Morgan fingerprint density at radius 1 is 1.86 bits per heavy atom. The lowest BCUT2D eigenvalue weighted by molar-refractivity contribution is 0.302. The van der Waals surface area contributed by atoms with Gasteiger partial charge in [0.25, 0.3) is 0 Å². The molecule has 0 saturated heterocycles. The summed E-state index contributed by atoms with van der Waals surface area (Å²) in [6, 6.07) is 0. The predicted octanol–water partition coefficient (Wildman–Crippen LogP) is 1.15. The second-order valence-corrected chi connectivity index (χ2v) is 1.56. The minimum absolute atomic E-state index is 0.229. The molecule has 0 amide bonds. The molecule has 0 aromatic heterocycles. The van der Waals surface area contributed by atoms with Crippen LogP contribution in [0.3, 0.4) is 0 Å². The van der Waals surface area contributed by atoms with E-state index in [1.807, 2.05) is 13.0 Å². The van der Waals surface area contributed by atoms with E-state index < -0.39 is 0 Å². The Labute approximate surface area is 44.7 Å². The molecule has 41 valence electrons. The van der Waals surface area contributed by atoms with Crippen LogP contribution in [-0.4, -0.2) is 11.7 Å². The molecule has 0 atom stereocenters. The van der Waals surface area contributed by atoms with E-state index >= 15 is 0 Å². The molecule has 1 nitrogen and oxygen atoms in total. The second kappa shape index (κ2) is 3.88. The first kappa shape index (κ1) is 6.70. The summed E-state index contributed by atoms with van der Waals surface area (Å²) in [5.41, 5.74) is 1.02. The Morgan fingerprint density at radius 2 is 2.43 bits per heavy atom. The van der Waals surface area contributed by atoms with Gasteiger partial charge in [0.05, 0.1) is 0 Å². The minimum atomic E-state index is 0.229. The average molecular weight is 99.2 g/mol. The molecule has 1 heteroatoms. The van der Waals surface area contributed by atoms with Gasteiger partial charge in [-0.15, -0.1) is 0 Å². The van der Waals surface area contributed by atoms with Gasteiger partial charge in [-0.25, -0.2) is 0 Å². The molecule has 0 aromatic rings. The zero-order valence-corrected chi connectivity index (χ0v) is 4.65. The number of aliphatic hydroxyl groups excluding tert-OH is 1. The van der Waals surface area contributed by atoms with Crippen molar-refractivity contribution < 1.29 is 5.11 Å². The predicted molar refractivity (Wildman–Crippen MR) is 30.8 cm³/mol. The lowest BCUT2D eigenvalue weighted by atomic mass is 10.3. The molecule has 7 heavy (non-hydrogen) atoms. The molecule has 0 saturated carbocycles. The van der Waals surface area contributed by atoms with E-state index in [0.29, 0.717) is 0 Å². The monoisotopic (exact) mass is 99.1 g/mol. The Hall–Kier alpha value is -0.300. The number of hydrogen-bond acceptors (Lipinski definition) is 1. The molecule has 0 rings (SSSR count). The lowest BCUT2D eigenvalue weighted by Gasteiger charge is -1.84. The zero-order valence-electron chi connectivity index (χ0n) is 4.65. The van der Waals surface area contributed by atoms with Gasteiger partial charge in [0, 0.05) is 6.61 Å². The molecule has 0 fully saturated rings. The summed E-state index contributed by atoms with van der Waals surface area (Å²) < 4.78 is 0. The van der Waals surface area contributed by atoms with E-state index in [1.165, 1.54) is 0 Å². The fourth-order valence-corrected chi connectivity index (χ4v) is 0.311. The van der Waals surface area contributed by atoms with Crippen molar-refractivity contribution in [3.63, 3.8) is 0 Å². The van der Waals surface area contributed by atoms with Crippen molar-refractivity contribution in [1.82, 2.24) is 0 Å². The number of rotatable bonds is 2.